The Labute approximate surface area is 265 Å². The van der Waals surface area contributed by atoms with Gasteiger partial charge in [-0.1, -0.05) is 95.7 Å². The maximum absolute atomic E-state index is 13.4. The number of hydrogen-bond donors (Lipinski definition) is 4. The van der Waals surface area contributed by atoms with E-state index < -0.39 is 22.1 Å². The van der Waals surface area contributed by atoms with Crippen LogP contribution in [0.5, 0.6) is 0 Å². The fourth-order valence-corrected chi connectivity index (χ4v) is 6.05. The minimum Gasteiger partial charge on any atom is -0.465 e. The van der Waals surface area contributed by atoms with Crippen molar-refractivity contribution in [1.82, 2.24) is 15.2 Å². The molecule has 4 rings (SSSR count). The molecule has 1 heterocycles. The minimum absolute atomic E-state index is 0. The van der Waals surface area contributed by atoms with Crippen LogP contribution >= 0.6 is 35.3 Å². The van der Waals surface area contributed by atoms with Crippen LogP contribution in [0.1, 0.15) is 23.5 Å². The minimum atomic E-state index is -3.41. The monoisotopic (exact) mass is 663 g/mol. The molecule has 3 aromatic carbocycles. The summed E-state index contributed by atoms with van der Waals surface area (Å²) in [6.07, 6.45) is 0.500. The van der Waals surface area contributed by atoms with Crippen molar-refractivity contribution in [3.63, 3.8) is 0 Å². The topological polar surface area (TPSA) is 141 Å². The zero-order valence-electron chi connectivity index (χ0n) is 23.1. The molecule has 0 unspecified atom stereocenters. The molecule has 43 heavy (non-hydrogen) atoms. The van der Waals surface area contributed by atoms with Gasteiger partial charge in [-0.15, -0.1) is 12.4 Å². The molecule has 0 atom stereocenters. The second kappa shape index (κ2) is 15.6. The van der Waals surface area contributed by atoms with Crippen LogP contribution in [0, 0.1) is 0 Å². The van der Waals surface area contributed by atoms with Gasteiger partial charge in [0.25, 0.3) is 0 Å². The predicted molar refractivity (Wildman–Crippen MR) is 174 cm³/mol. The van der Waals surface area contributed by atoms with E-state index in [1.165, 1.54) is 0 Å². The number of anilines is 2. The van der Waals surface area contributed by atoms with Gasteiger partial charge in [0.1, 0.15) is 10.0 Å². The highest BCUT2D eigenvalue weighted by Gasteiger charge is 2.21. The molecule has 14 heteroatoms. The lowest BCUT2D eigenvalue weighted by Crippen LogP contribution is -2.41. The largest absolute Gasteiger partial charge is 0.465 e. The normalized spacial score (nSPS) is 11.0. The quantitative estimate of drug-likeness (QED) is 0.135. The molecule has 228 valence electrons. The fraction of sp³-hybridized carbons (Fsp3) is 0.207. The summed E-state index contributed by atoms with van der Waals surface area (Å²) in [6, 6.07) is 26.1. The van der Waals surface area contributed by atoms with Crippen LogP contribution in [-0.4, -0.2) is 61.4 Å². The average molecular weight is 665 g/mol. The molecule has 0 fully saturated rings. The van der Waals surface area contributed by atoms with Gasteiger partial charge in [0.15, 0.2) is 5.13 Å². The Morgan fingerprint density at radius 1 is 0.953 bits per heavy atom. The number of hydrogen-bond acceptors (Lipinski definition) is 6. The summed E-state index contributed by atoms with van der Waals surface area (Å²) in [5.41, 5.74) is 3.71. The summed E-state index contributed by atoms with van der Waals surface area (Å²) < 4.78 is 25.7. The van der Waals surface area contributed by atoms with Gasteiger partial charge in [-0.2, -0.15) is 0 Å². The number of carboxylic acid groups (broad SMARTS) is 1. The Bertz CT molecular complexity index is 1570. The molecule has 0 saturated heterocycles. The summed E-state index contributed by atoms with van der Waals surface area (Å²) in [7, 11) is -3.41. The standard InChI is InChI=1S/C29H30ClN5O5S2.ClH/c1-42(39,40)34-23-14-12-22(13-15-23)25-26(30)41-27(32-25)33-28(36)35(19-17-31-29(37)38)18-16-24(20-8-4-2-5-9-20)21-10-6-3-7-11-21;/h2-15,24,31,34H,16-19H2,1H3,(H,37,38)(H,32,33,36);1H. The third-order valence-electron chi connectivity index (χ3n) is 6.30. The summed E-state index contributed by atoms with van der Waals surface area (Å²) in [6.45, 7) is 0.555. The summed E-state index contributed by atoms with van der Waals surface area (Å²) in [5.74, 6) is 0.0243. The van der Waals surface area contributed by atoms with Gasteiger partial charge in [-0.3, -0.25) is 10.0 Å². The smallest absolute Gasteiger partial charge is 0.404 e. The van der Waals surface area contributed by atoms with E-state index >= 15 is 0 Å². The van der Waals surface area contributed by atoms with Crippen LogP contribution in [0.2, 0.25) is 4.34 Å². The number of sulfonamides is 1. The fourth-order valence-electron chi connectivity index (χ4n) is 4.41. The SMILES string of the molecule is CS(=O)(=O)Nc1ccc(-c2nc(NC(=O)N(CCNC(=O)O)CCC(c3ccccc3)c3ccccc3)sc2Cl)cc1.Cl. The predicted octanol–water partition coefficient (Wildman–Crippen LogP) is 6.58. The first-order chi connectivity index (χ1) is 20.1. The third kappa shape index (κ3) is 10.1. The molecule has 10 nitrogen and oxygen atoms in total. The maximum atomic E-state index is 13.4. The molecular formula is C29H31Cl2N5O5S2. The first-order valence-corrected chi connectivity index (χ1v) is 16.0. The lowest BCUT2D eigenvalue weighted by atomic mass is 9.88. The highest BCUT2D eigenvalue weighted by atomic mass is 35.5. The number of urea groups is 1. The van der Waals surface area contributed by atoms with Crippen molar-refractivity contribution in [3.8, 4) is 11.3 Å². The van der Waals surface area contributed by atoms with Crippen LogP contribution in [0.25, 0.3) is 11.3 Å². The van der Waals surface area contributed by atoms with E-state index in [0.717, 1.165) is 28.7 Å². The summed E-state index contributed by atoms with van der Waals surface area (Å²) in [4.78, 5) is 30.5. The number of aromatic nitrogens is 1. The van der Waals surface area contributed by atoms with Crippen molar-refractivity contribution in [2.45, 2.75) is 12.3 Å². The van der Waals surface area contributed by atoms with Gasteiger partial charge in [0.05, 0.1) is 6.26 Å². The second-order valence-corrected chi connectivity index (χ2v) is 12.8. The van der Waals surface area contributed by atoms with E-state index in [0.29, 0.717) is 34.2 Å². The number of amides is 3. The molecule has 4 N–H and O–H groups in total. The molecule has 0 saturated carbocycles. The Morgan fingerprint density at radius 3 is 2.07 bits per heavy atom. The lowest BCUT2D eigenvalue weighted by molar-refractivity contribution is 0.189. The average Bonchev–Trinajstić information content (AvgIpc) is 3.32. The molecule has 0 aliphatic rings. The van der Waals surface area contributed by atoms with Gasteiger partial charge in [0.2, 0.25) is 10.0 Å². The maximum Gasteiger partial charge on any atom is 0.404 e. The van der Waals surface area contributed by atoms with Crippen molar-refractivity contribution in [2.75, 3.05) is 35.9 Å². The number of carbonyl (C=O) groups is 2. The van der Waals surface area contributed by atoms with Crippen molar-refractivity contribution < 1.29 is 23.1 Å². The molecular weight excluding hydrogens is 633 g/mol. The van der Waals surface area contributed by atoms with Gasteiger partial charge in [-0.05, 0) is 29.7 Å². The highest BCUT2D eigenvalue weighted by molar-refractivity contribution is 7.92. The second-order valence-electron chi connectivity index (χ2n) is 9.40. The summed E-state index contributed by atoms with van der Waals surface area (Å²) in [5, 5.41) is 14.4. The van der Waals surface area contributed by atoms with Crippen molar-refractivity contribution >= 4 is 68.3 Å². The Balaban J connectivity index is 0.00000506. The van der Waals surface area contributed by atoms with E-state index in [1.807, 2.05) is 36.4 Å². The van der Waals surface area contributed by atoms with Crippen LogP contribution in [0.4, 0.5) is 20.4 Å². The Morgan fingerprint density at radius 2 is 1.53 bits per heavy atom. The molecule has 0 bridgehead atoms. The van der Waals surface area contributed by atoms with Crippen LogP contribution in [0.3, 0.4) is 0 Å². The van der Waals surface area contributed by atoms with E-state index in [1.54, 1.807) is 29.2 Å². The molecule has 0 aliphatic carbocycles. The first kappa shape index (κ1) is 33.7. The van der Waals surface area contributed by atoms with Crippen LogP contribution < -0.4 is 15.4 Å². The number of nitrogens with zero attached hydrogens (tertiary/aromatic N) is 2. The Kier molecular flexibility index (Phi) is 12.2. The molecule has 1 aromatic heterocycles. The van der Waals surface area contributed by atoms with Crippen molar-refractivity contribution in [1.29, 1.82) is 0 Å². The molecule has 3 amide bonds. The summed E-state index contributed by atoms with van der Waals surface area (Å²) >= 11 is 7.54. The van der Waals surface area contributed by atoms with Gasteiger partial charge in [-0.25, -0.2) is 23.0 Å². The number of thiazole rings is 1. The zero-order valence-corrected chi connectivity index (χ0v) is 26.3. The van der Waals surface area contributed by atoms with Gasteiger partial charge in [0, 0.05) is 36.8 Å². The van der Waals surface area contributed by atoms with E-state index in [2.05, 4.69) is 44.6 Å². The van der Waals surface area contributed by atoms with E-state index in [4.69, 9.17) is 16.7 Å². The van der Waals surface area contributed by atoms with Gasteiger partial charge >= 0.3 is 12.1 Å². The van der Waals surface area contributed by atoms with E-state index in [9.17, 15) is 18.0 Å². The third-order valence-corrected chi connectivity index (χ3v) is 8.07. The first-order valence-electron chi connectivity index (χ1n) is 13.0. The van der Waals surface area contributed by atoms with Crippen LogP contribution in [-0.2, 0) is 10.0 Å². The number of rotatable bonds is 12. The number of halogens is 2. The van der Waals surface area contributed by atoms with Crippen molar-refractivity contribution in [2.24, 2.45) is 0 Å². The number of nitrogens with one attached hydrogen (secondary N) is 3. The lowest BCUT2D eigenvalue weighted by Gasteiger charge is -2.26. The molecule has 4 aromatic rings. The van der Waals surface area contributed by atoms with Crippen molar-refractivity contribution in [3.05, 3.63) is 100 Å². The Hall–Kier alpha value is -3.84. The van der Waals surface area contributed by atoms with E-state index in [-0.39, 0.29) is 36.5 Å². The van der Waals surface area contributed by atoms with Crippen LogP contribution in [0.15, 0.2) is 84.9 Å². The number of carbonyl (C=O) groups excluding carboxylic acids is 1. The molecule has 0 aliphatic heterocycles. The van der Waals surface area contributed by atoms with Gasteiger partial charge < -0.3 is 15.3 Å². The molecule has 0 radical (unpaired) electrons. The highest BCUT2D eigenvalue weighted by Crippen LogP contribution is 2.36. The zero-order chi connectivity index (χ0) is 30.1. The molecule has 0 spiro atoms. The number of benzene rings is 3.